The largest absolute Gasteiger partial charge is 0.395 e. The van der Waals surface area contributed by atoms with Gasteiger partial charge in [0.25, 0.3) is 0 Å². The first-order valence-electron chi connectivity index (χ1n) is 3.34. The molecule has 0 spiro atoms. The molecule has 0 aliphatic heterocycles. The monoisotopic (exact) mass is 166 g/mol. The summed E-state index contributed by atoms with van der Waals surface area (Å²) in [7, 11) is -0.897. The van der Waals surface area contributed by atoms with Gasteiger partial charge in [-0.15, -0.1) is 0 Å². The Morgan fingerprint density at radius 1 is 1.50 bits per heavy atom. The van der Waals surface area contributed by atoms with E-state index in [1.807, 2.05) is 6.92 Å². The Bertz CT molecular complexity index is 95.0. The average molecular weight is 166 g/mol. The first-order valence-corrected chi connectivity index (χ1v) is 4.83. The SMILES string of the molecule is CCOCCS(=O)CCO. The van der Waals surface area contributed by atoms with Crippen molar-refractivity contribution in [1.82, 2.24) is 0 Å². The quantitative estimate of drug-likeness (QED) is 0.554. The maximum Gasteiger partial charge on any atom is 0.0581 e. The van der Waals surface area contributed by atoms with E-state index in [-0.39, 0.29) is 6.61 Å². The van der Waals surface area contributed by atoms with E-state index in [4.69, 9.17) is 9.84 Å². The number of aliphatic hydroxyl groups excluding tert-OH is 1. The van der Waals surface area contributed by atoms with E-state index in [1.165, 1.54) is 0 Å². The van der Waals surface area contributed by atoms with Crippen LogP contribution in [0.4, 0.5) is 0 Å². The summed E-state index contributed by atoms with van der Waals surface area (Å²) in [6.45, 7) is 3.09. The van der Waals surface area contributed by atoms with Crippen LogP contribution in [0.2, 0.25) is 0 Å². The molecule has 0 aromatic rings. The van der Waals surface area contributed by atoms with Crippen molar-refractivity contribution in [1.29, 1.82) is 0 Å². The van der Waals surface area contributed by atoms with Gasteiger partial charge in [0.15, 0.2) is 0 Å². The van der Waals surface area contributed by atoms with Gasteiger partial charge in [-0.1, -0.05) is 0 Å². The predicted molar refractivity (Wildman–Crippen MR) is 41.5 cm³/mol. The molecule has 0 aromatic heterocycles. The third kappa shape index (κ3) is 6.19. The van der Waals surface area contributed by atoms with Gasteiger partial charge in [-0.05, 0) is 6.92 Å². The normalized spacial score (nSPS) is 13.4. The molecule has 0 radical (unpaired) electrons. The highest BCUT2D eigenvalue weighted by atomic mass is 32.2. The summed E-state index contributed by atoms with van der Waals surface area (Å²) in [4.78, 5) is 0. The Balaban J connectivity index is 3.05. The van der Waals surface area contributed by atoms with Gasteiger partial charge in [0.1, 0.15) is 0 Å². The maximum absolute atomic E-state index is 10.8. The van der Waals surface area contributed by atoms with E-state index in [0.29, 0.717) is 24.7 Å². The number of hydrogen-bond donors (Lipinski definition) is 1. The third-order valence-corrected chi connectivity index (χ3v) is 2.24. The summed E-state index contributed by atoms with van der Waals surface area (Å²) < 4.78 is 15.8. The number of hydrogen-bond acceptors (Lipinski definition) is 3. The summed E-state index contributed by atoms with van der Waals surface area (Å²) in [6.07, 6.45) is 0. The van der Waals surface area contributed by atoms with Crippen molar-refractivity contribution in [3.63, 3.8) is 0 Å². The number of rotatable bonds is 6. The van der Waals surface area contributed by atoms with E-state index < -0.39 is 10.8 Å². The zero-order valence-electron chi connectivity index (χ0n) is 6.21. The lowest BCUT2D eigenvalue weighted by Gasteiger charge is -1.99. The van der Waals surface area contributed by atoms with Gasteiger partial charge < -0.3 is 9.84 Å². The molecule has 0 aliphatic rings. The lowest BCUT2D eigenvalue weighted by molar-refractivity contribution is 0.164. The Morgan fingerprint density at radius 2 is 2.20 bits per heavy atom. The van der Waals surface area contributed by atoms with Gasteiger partial charge in [-0.25, -0.2) is 0 Å². The van der Waals surface area contributed by atoms with E-state index in [1.54, 1.807) is 0 Å². The second-order valence-electron chi connectivity index (χ2n) is 1.77. The lowest BCUT2D eigenvalue weighted by Crippen LogP contribution is -2.10. The molecule has 1 atom stereocenters. The van der Waals surface area contributed by atoms with Crippen molar-refractivity contribution >= 4 is 10.8 Å². The average Bonchev–Trinajstić information content (AvgIpc) is 1.89. The van der Waals surface area contributed by atoms with Crippen molar-refractivity contribution in [3.8, 4) is 0 Å². The molecule has 1 unspecified atom stereocenters. The third-order valence-electron chi connectivity index (χ3n) is 0.978. The van der Waals surface area contributed by atoms with Crippen molar-refractivity contribution in [2.24, 2.45) is 0 Å². The standard InChI is InChI=1S/C6H14O3S/c1-2-9-4-6-10(8)5-3-7/h7H,2-6H2,1H3. The minimum atomic E-state index is -0.897. The van der Waals surface area contributed by atoms with Crippen LogP contribution in [0.3, 0.4) is 0 Å². The van der Waals surface area contributed by atoms with Gasteiger partial charge in [0.05, 0.1) is 13.2 Å². The molecule has 4 heteroatoms. The van der Waals surface area contributed by atoms with Crippen LogP contribution < -0.4 is 0 Å². The highest BCUT2D eigenvalue weighted by molar-refractivity contribution is 7.85. The Morgan fingerprint density at radius 3 is 2.70 bits per heavy atom. The molecule has 1 N–H and O–H groups in total. The van der Waals surface area contributed by atoms with Crippen LogP contribution in [0.1, 0.15) is 6.92 Å². The highest BCUT2D eigenvalue weighted by Crippen LogP contribution is 1.82. The minimum absolute atomic E-state index is 0.00125. The molecule has 0 amide bonds. The van der Waals surface area contributed by atoms with Gasteiger partial charge in [0.2, 0.25) is 0 Å². The molecular formula is C6H14O3S. The zero-order chi connectivity index (χ0) is 7.82. The summed E-state index contributed by atoms with van der Waals surface area (Å²) in [6, 6.07) is 0. The fourth-order valence-electron chi connectivity index (χ4n) is 0.500. The maximum atomic E-state index is 10.8. The number of ether oxygens (including phenoxy) is 1. The van der Waals surface area contributed by atoms with Gasteiger partial charge >= 0.3 is 0 Å². The van der Waals surface area contributed by atoms with Gasteiger partial charge in [-0.2, -0.15) is 0 Å². The van der Waals surface area contributed by atoms with Crippen molar-refractivity contribution in [3.05, 3.63) is 0 Å². The second kappa shape index (κ2) is 7.18. The lowest BCUT2D eigenvalue weighted by atomic mass is 10.8. The molecule has 0 aromatic carbocycles. The van der Waals surface area contributed by atoms with E-state index in [0.717, 1.165) is 0 Å². The van der Waals surface area contributed by atoms with Crippen LogP contribution in [0.15, 0.2) is 0 Å². The Labute approximate surface area is 63.8 Å². The van der Waals surface area contributed by atoms with E-state index >= 15 is 0 Å². The van der Waals surface area contributed by atoms with E-state index in [9.17, 15) is 4.21 Å². The molecule has 0 saturated carbocycles. The zero-order valence-corrected chi connectivity index (χ0v) is 7.02. The van der Waals surface area contributed by atoms with Crippen molar-refractivity contribution in [2.75, 3.05) is 31.3 Å². The molecule has 62 valence electrons. The van der Waals surface area contributed by atoms with Crippen LogP contribution >= 0.6 is 0 Å². The summed E-state index contributed by atoms with van der Waals surface area (Å²) in [5.41, 5.74) is 0. The van der Waals surface area contributed by atoms with Crippen LogP contribution in [0.25, 0.3) is 0 Å². The Hall–Kier alpha value is 0.0700. The fourth-order valence-corrected chi connectivity index (χ4v) is 1.21. The van der Waals surface area contributed by atoms with Gasteiger partial charge in [0, 0.05) is 28.9 Å². The highest BCUT2D eigenvalue weighted by Gasteiger charge is 1.96. The molecule has 0 bridgehead atoms. The summed E-state index contributed by atoms with van der Waals surface area (Å²) >= 11 is 0. The molecule has 0 rings (SSSR count). The van der Waals surface area contributed by atoms with Crippen LogP contribution in [-0.4, -0.2) is 40.6 Å². The van der Waals surface area contributed by atoms with Crippen LogP contribution in [0.5, 0.6) is 0 Å². The molecule has 0 saturated heterocycles. The topological polar surface area (TPSA) is 46.5 Å². The predicted octanol–water partition coefficient (Wildman–Crippen LogP) is -0.236. The first-order chi connectivity index (χ1) is 4.81. The molecular weight excluding hydrogens is 152 g/mol. The summed E-state index contributed by atoms with van der Waals surface area (Å²) in [5, 5.41) is 8.36. The van der Waals surface area contributed by atoms with E-state index in [2.05, 4.69) is 0 Å². The summed E-state index contributed by atoms with van der Waals surface area (Å²) in [5.74, 6) is 0.904. The van der Waals surface area contributed by atoms with Gasteiger partial charge in [-0.3, -0.25) is 4.21 Å². The number of aliphatic hydroxyl groups is 1. The molecule has 0 heterocycles. The van der Waals surface area contributed by atoms with Crippen LogP contribution in [-0.2, 0) is 15.5 Å². The molecule has 0 fully saturated rings. The fraction of sp³-hybridized carbons (Fsp3) is 1.00. The first kappa shape index (κ1) is 10.1. The van der Waals surface area contributed by atoms with Crippen molar-refractivity contribution < 1.29 is 14.1 Å². The molecule has 0 aliphatic carbocycles. The minimum Gasteiger partial charge on any atom is -0.395 e. The molecule has 3 nitrogen and oxygen atoms in total. The smallest absolute Gasteiger partial charge is 0.0581 e. The van der Waals surface area contributed by atoms with Crippen LogP contribution in [0, 0.1) is 0 Å². The van der Waals surface area contributed by atoms with Crippen molar-refractivity contribution in [2.45, 2.75) is 6.92 Å². The molecule has 10 heavy (non-hydrogen) atoms. The Kier molecular flexibility index (Phi) is 7.23. The second-order valence-corrected chi connectivity index (χ2v) is 3.46.